The fourth-order valence-electron chi connectivity index (χ4n) is 9.66. The molecule has 0 aliphatic rings. The summed E-state index contributed by atoms with van der Waals surface area (Å²) in [5.41, 5.74) is 0. The van der Waals surface area contributed by atoms with E-state index < -0.39 is 26.5 Å². The molecule has 9 nitrogen and oxygen atoms in total. The van der Waals surface area contributed by atoms with Gasteiger partial charge in [0, 0.05) is 12.8 Å². The first-order valence-corrected chi connectivity index (χ1v) is 35.8. The number of quaternary nitrogens is 1. The van der Waals surface area contributed by atoms with Crippen molar-refractivity contribution in [2.75, 3.05) is 47.5 Å². The number of nitrogens with zero attached hydrogens (tertiary/aromatic N) is 1. The Labute approximate surface area is 507 Å². The molecule has 0 amide bonds. The molecule has 0 spiro atoms. The third kappa shape index (κ3) is 66.3. The number of hydrogen-bond acceptors (Lipinski definition) is 8. The molecule has 82 heavy (non-hydrogen) atoms. The minimum absolute atomic E-state index is 0.0324. The van der Waals surface area contributed by atoms with Crippen LogP contribution in [-0.2, 0) is 32.7 Å². The second kappa shape index (κ2) is 62.7. The smallest absolute Gasteiger partial charge is 0.306 e. The van der Waals surface area contributed by atoms with Crippen molar-refractivity contribution in [3.05, 3.63) is 85.1 Å². The van der Waals surface area contributed by atoms with Crippen molar-refractivity contribution in [3.63, 3.8) is 0 Å². The molecule has 0 heterocycles. The van der Waals surface area contributed by atoms with Gasteiger partial charge in [-0.3, -0.25) is 14.2 Å². The van der Waals surface area contributed by atoms with Gasteiger partial charge in [0.25, 0.3) is 7.82 Å². The molecule has 10 heteroatoms. The van der Waals surface area contributed by atoms with Crippen molar-refractivity contribution in [2.24, 2.45) is 0 Å². The number of rotatable bonds is 63. The quantitative estimate of drug-likeness (QED) is 0.0195. The first-order valence-electron chi connectivity index (χ1n) is 34.3. The summed E-state index contributed by atoms with van der Waals surface area (Å²) in [5, 5.41) is 0. The Hall–Kier alpha value is -2.81. The average Bonchev–Trinajstić information content (AvgIpc) is 3.46. The number of phosphoric acid groups is 1. The van der Waals surface area contributed by atoms with Crippen LogP contribution >= 0.6 is 7.82 Å². The molecule has 0 radical (unpaired) electrons. The highest BCUT2D eigenvalue weighted by atomic mass is 31.2. The fraction of sp³-hybridized carbons (Fsp3) is 0.778. The first-order chi connectivity index (χ1) is 40.0. The lowest BCUT2D eigenvalue weighted by Crippen LogP contribution is -2.37. The van der Waals surface area contributed by atoms with Crippen LogP contribution in [0.25, 0.3) is 0 Å². The summed E-state index contributed by atoms with van der Waals surface area (Å²) in [4.78, 5) is 38.1. The molecule has 0 saturated heterocycles. The van der Waals surface area contributed by atoms with Crippen molar-refractivity contribution in [1.82, 2.24) is 0 Å². The Bertz CT molecular complexity index is 1660. The largest absolute Gasteiger partial charge is 0.756 e. The Kier molecular flexibility index (Phi) is 60.6. The van der Waals surface area contributed by atoms with Crippen LogP contribution in [-0.4, -0.2) is 70.0 Å². The molecule has 2 atom stereocenters. The van der Waals surface area contributed by atoms with E-state index in [1.807, 2.05) is 21.1 Å². The van der Waals surface area contributed by atoms with E-state index >= 15 is 0 Å². The number of hydrogen-bond donors (Lipinski definition) is 0. The highest BCUT2D eigenvalue weighted by Crippen LogP contribution is 2.38. The van der Waals surface area contributed by atoms with Gasteiger partial charge < -0.3 is 27.9 Å². The van der Waals surface area contributed by atoms with E-state index in [1.54, 1.807) is 0 Å². The van der Waals surface area contributed by atoms with Gasteiger partial charge in [-0.2, -0.15) is 0 Å². The number of carbonyl (C=O) groups is 2. The van der Waals surface area contributed by atoms with E-state index in [9.17, 15) is 19.0 Å². The van der Waals surface area contributed by atoms with E-state index in [-0.39, 0.29) is 32.0 Å². The molecule has 0 aromatic heterocycles. The van der Waals surface area contributed by atoms with Gasteiger partial charge in [0.1, 0.15) is 19.8 Å². The summed E-state index contributed by atoms with van der Waals surface area (Å²) in [6, 6.07) is 0. The van der Waals surface area contributed by atoms with E-state index in [4.69, 9.17) is 18.5 Å². The second-order valence-electron chi connectivity index (χ2n) is 24.2. The molecule has 0 saturated carbocycles. The van der Waals surface area contributed by atoms with Crippen LogP contribution in [0.3, 0.4) is 0 Å². The summed E-state index contributed by atoms with van der Waals surface area (Å²) >= 11 is 0. The maximum absolute atomic E-state index is 12.9. The summed E-state index contributed by atoms with van der Waals surface area (Å²) in [5.74, 6) is -0.825. The summed E-state index contributed by atoms with van der Waals surface area (Å²) in [6.45, 7) is 4.15. The van der Waals surface area contributed by atoms with E-state index in [0.717, 1.165) is 77.0 Å². The lowest BCUT2D eigenvalue weighted by Gasteiger charge is -2.28. The summed E-state index contributed by atoms with van der Waals surface area (Å²) in [6.07, 6.45) is 85.1. The minimum atomic E-state index is -4.64. The van der Waals surface area contributed by atoms with E-state index in [0.29, 0.717) is 17.4 Å². The number of likely N-dealkylation sites (N-methyl/N-ethyl adjacent to an activating group) is 1. The topological polar surface area (TPSA) is 111 Å². The van der Waals surface area contributed by atoms with Crippen molar-refractivity contribution >= 4 is 19.8 Å². The number of allylic oxidation sites excluding steroid dienone is 14. The zero-order valence-electron chi connectivity index (χ0n) is 54.2. The lowest BCUT2D eigenvalue weighted by atomic mass is 10.0. The molecule has 0 aromatic carbocycles. The van der Waals surface area contributed by atoms with Gasteiger partial charge in [-0.25, -0.2) is 0 Å². The molecule has 0 rings (SSSR count). The van der Waals surface area contributed by atoms with Gasteiger partial charge in [0.05, 0.1) is 27.7 Å². The zero-order valence-corrected chi connectivity index (χ0v) is 55.1. The van der Waals surface area contributed by atoms with Crippen molar-refractivity contribution in [3.8, 4) is 0 Å². The SMILES string of the molecule is CC/C=C\C/C=C\C/C=C\C/C=C\CCCCCCCCCCCCCCCCCCCCC(=O)OC(COC(=O)CCCCCCCCCCCCCC/C=C\C/C=C\C/C=C\CCCCCCC)COP(=O)([O-])OCC[N+](C)(C)C. The van der Waals surface area contributed by atoms with Gasteiger partial charge in [-0.05, 0) is 89.9 Å². The van der Waals surface area contributed by atoms with Crippen molar-refractivity contribution in [1.29, 1.82) is 0 Å². The maximum atomic E-state index is 12.9. The molecular formula is C72H130NO8P. The minimum Gasteiger partial charge on any atom is -0.756 e. The van der Waals surface area contributed by atoms with Crippen LogP contribution in [0.2, 0.25) is 0 Å². The Balaban J connectivity index is 4.05. The number of esters is 2. The lowest BCUT2D eigenvalue weighted by molar-refractivity contribution is -0.870. The highest BCUT2D eigenvalue weighted by molar-refractivity contribution is 7.45. The number of carbonyl (C=O) groups excluding carboxylic acids is 2. The Morgan fingerprint density at radius 3 is 1.04 bits per heavy atom. The Morgan fingerprint density at radius 1 is 0.390 bits per heavy atom. The Morgan fingerprint density at radius 2 is 0.695 bits per heavy atom. The number of unbranched alkanes of at least 4 members (excludes halogenated alkanes) is 35. The predicted molar refractivity (Wildman–Crippen MR) is 351 cm³/mol. The monoisotopic (exact) mass is 1170 g/mol. The van der Waals surface area contributed by atoms with Gasteiger partial charge in [-0.1, -0.05) is 292 Å². The third-order valence-corrected chi connectivity index (χ3v) is 15.9. The van der Waals surface area contributed by atoms with Gasteiger partial charge in [-0.15, -0.1) is 0 Å². The molecule has 0 N–H and O–H groups in total. The predicted octanol–water partition coefficient (Wildman–Crippen LogP) is 21.5. The highest BCUT2D eigenvalue weighted by Gasteiger charge is 2.22. The molecular weight excluding hydrogens is 1040 g/mol. The maximum Gasteiger partial charge on any atom is 0.306 e. The van der Waals surface area contributed by atoms with Crippen LogP contribution < -0.4 is 4.89 Å². The molecule has 0 bridgehead atoms. The standard InChI is InChI=1S/C72H130NO8P/c1-6-8-10-12-14-16-18-20-22-24-26-28-30-32-34-35-36-37-39-41-43-45-47-49-51-53-55-57-59-61-63-65-72(75)81-70(69-80-82(76,77)79-67-66-73(3,4)5)68-78-71(74)64-62-60-58-56-54-52-50-48-46-44-42-40-38-33-31-29-27-25-23-21-19-17-15-13-11-9-7-2/h8,10,14,16,19-22,25-28,31,33,70H,6-7,9,11-13,15,17-18,23-24,29-30,32,34-69H2,1-5H3/b10-8-,16-14-,21-19-,22-20-,27-25-,28-26-,33-31-. The molecule has 476 valence electrons. The number of phosphoric ester groups is 1. The normalized spacial score (nSPS) is 13.7. The third-order valence-electron chi connectivity index (χ3n) is 14.9. The van der Waals surface area contributed by atoms with E-state index in [2.05, 4.69) is 98.9 Å². The fourth-order valence-corrected chi connectivity index (χ4v) is 10.4. The summed E-state index contributed by atoms with van der Waals surface area (Å²) < 4.78 is 34.3. The molecule has 0 aliphatic heterocycles. The molecule has 0 fully saturated rings. The van der Waals surface area contributed by atoms with Crippen LogP contribution in [0.1, 0.15) is 309 Å². The second-order valence-corrected chi connectivity index (χ2v) is 25.6. The average molecular weight is 1170 g/mol. The van der Waals surface area contributed by atoms with Crippen LogP contribution in [0, 0.1) is 0 Å². The zero-order chi connectivity index (χ0) is 59.8. The molecule has 0 aromatic rings. The van der Waals surface area contributed by atoms with Gasteiger partial charge >= 0.3 is 11.9 Å². The van der Waals surface area contributed by atoms with Crippen molar-refractivity contribution < 1.29 is 42.1 Å². The number of ether oxygens (including phenoxy) is 2. The first kappa shape index (κ1) is 79.2. The summed E-state index contributed by atoms with van der Waals surface area (Å²) in [7, 11) is 1.17. The van der Waals surface area contributed by atoms with E-state index in [1.165, 1.54) is 199 Å². The molecule has 2 unspecified atom stereocenters. The van der Waals surface area contributed by atoms with Crippen LogP contribution in [0.5, 0.6) is 0 Å². The van der Waals surface area contributed by atoms with Gasteiger partial charge in [0.2, 0.25) is 0 Å². The van der Waals surface area contributed by atoms with Gasteiger partial charge in [0.15, 0.2) is 6.10 Å². The van der Waals surface area contributed by atoms with Crippen molar-refractivity contribution in [2.45, 2.75) is 315 Å². The van der Waals surface area contributed by atoms with Crippen LogP contribution in [0.15, 0.2) is 85.1 Å². The molecule has 0 aliphatic carbocycles. The van der Waals surface area contributed by atoms with Crippen LogP contribution in [0.4, 0.5) is 0 Å².